The van der Waals surface area contributed by atoms with E-state index in [2.05, 4.69) is 22.8 Å². The number of fused-ring (bicyclic) bond motifs is 2. The van der Waals surface area contributed by atoms with Crippen LogP contribution < -0.4 is 20.1 Å². The van der Waals surface area contributed by atoms with Crippen molar-refractivity contribution in [2.75, 3.05) is 19.0 Å². The van der Waals surface area contributed by atoms with E-state index in [1.807, 2.05) is 42.1 Å². The van der Waals surface area contributed by atoms with Crippen LogP contribution in [0.3, 0.4) is 0 Å². The molecule has 0 saturated carbocycles. The monoisotopic (exact) mass is 356 g/mol. The number of amides is 2. The van der Waals surface area contributed by atoms with Crippen LogP contribution in [-0.2, 0) is 6.54 Å². The minimum Gasteiger partial charge on any atom is -0.486 e. The molecule has 1 atom stereocenters. The molecule has 0 aromatic heterocycles. The summed E-state index contributed by atoms with van der Waals surface area (Å²) in [5.41, 5.74) is 2.19. The van der Waals surface area contributed by atoms with Gasteiger partial charge in [0.05, 0.1) is 6.04 Å². The second-order valence-electron chi connectivity index (χ2n) is 6.03. The lowest BCUT2D eigenvalue weighted by atomic mass is 10.0. The number of hydrogen-bond donors (Lipinski definition) is 2. The summed E-state index contributed by atoms with van der Waals surface area (Å²) in [6.45, 7) is 1.59. The topological polar surface area (TPSA) is 59.6 Å². The smallest absolute Gasteiger partial charge is 0.315 e. The Balaban J connectivity index is 1.36. The number of ether oxygens (including phenoxy) is 2. The summed E-state index contributed by atoms with van der Waals surface area (Å²) >= 11 is 1.85. The molecule has 25 heavy (non-hydrogen) atoms. The fraction of sp³-hybridized carbons (Fsp3) is 0.316. The Morgan fingerprint density at radius 1 is 1.12 bits per heavy atom. The molecule has 2 aromatic rings. The zero-order valence-electron chi connectivity index (χ0n) is 13.8. The van der Waals surface area contributed by atoms with Crippen LogP contribution in [0.15, 0.2) is 47.4 Å². The van der Waals surface area contributed by atoms with Crippen molar-refractivity contribution < 1.29 is 14.3 Å². The maximum atomic E-state index is 12.3. The third-order valence-corrected chi connectivity index (χ3v) is 5.45. The lowest BCUT2D eigenvalue weighted by molar-refractivity contribution is 0.171. The largest absolute Gasteiger partial charge is 0.486 e. The van der Waals surface area contributed by atoms with Gasteiger partial charge in [0.1, 0.15) is 13.2 Å². The molecule has 5 nitrogen and oxygen atoms in total. The van der Waals surface area contributed by atoms with Gasteiger partial charge in [-0.1, -0.05) is 24.3 Å². The number of urea groups is 1. The first-order valence-corrected chi connectivity index (χ1v) is 9.43. The highest BCUT2D eigenvalue weighted by molar-refractivity contribution is 7.99. The van der Waals surface area contributed by atoms with E-state index in [0.717, 1.165) is 29.2 Å². The molecular formula is C19H20N2O3S. The minimum atomic E-state index is -0.151. The van der Waals surface area contributed by atoms with E-state index in [4.69, 9.17) is 9.47 Å². The Morgan fingerprint density at radius 2 is 1.96 bits per heavy atom. The van der Waals surface area contributed by atoms with E-state index >= 15 is 0 Å². The standard InChI is InChI=1S/C19H20N2O3S/c22-19(21-15-7-10-25-18-4-2-1-3-14(15)18)20-12-13-5-6-16-17(11-13)24-9-8-23-16/h1-6,11,15H,7-10,12H2,(H2,20,21,22)/t15-/m0/s1. The van der Waals surface area contributed by atoms with Crippen LogP contribution in [-0.4, -0.2) is 25.0 Å². The molecule has 0 saturated heterocycles. The SMILES string of the molecule is O=C(NCc1ccc2c(c1)OCCO2)N[C@H]1CCSc2ccccc21. The Labute approximate surface area is 151 Å². The van der Waals surface area contributed by atoms with Crippen LogP contribution in [0.4, 0.5) is 4.79 Å². The van der Waals surface area contributed by atoms with Crippen LogP contribution >= 0.6 is 11.8 Å². The Hall–Kier alpha value is -2.34. The van der Waals surface area contributed by atoms with Gasteiger partial charge in [0.2, 0.25) is 0 Å². The second kappa shape index (κ2) is 7.27. The zero-order chi connectivity index (χ0) is 17.1. The molecule has 0 spiro atoms. The van der Waals surface area contributed by atoms with E-state index in [9.17, 15) is 4.79 Å². The van der Waals surface area contributed by atoms with E-state index in [-0.39, 0.29) is 12.1 Å². The Kier molecular flexibility index (Phi) is 4.70. The predicted octanol–water partition coefficient (Wildman–Crippen LogP) is 3.49. The molecule has 2 aliphatic heterocycles. The molecule has 2 heterocycles. The summed E-state index contributed by atoms with van der Waals surface area (Å²) < 4.78 is 11.1. The van der Waals surface area contributed by atoms with Crippen molar-refractivity contribution in [2.24, 2.45) is 0 Å². The summed E-state index contributed by atoms with van der Waals surface area (Å²) in [6, 6.07) is 13.9. The highest BCUT2D eigenvalue weighted by Crippen LogP contribution is 2.35. The van der Waals surface area contributed by atoms with Crippen molar-refractivity contribution in [1.29, 1.82) is 0 Å². The van der Waals surface area contributed by atoms with Crippen LogP contribution in [0.25, 0.3) is 0 Å². The third kappa shape index (κ3) is 3.69. The fourth-order valence-electron chi connectivity index (χ4n) is 3.08. The molecule has 0 bridgehead atoms. The van der Waals surface area contributed by atoms with Crippen molar-refractivity contribution in [1.82, 2.24) is 10.6 Å². The first-order chi connectivity index (χ1) is 12.3. The van der Waals surface area contributed by atoms with Gasteiger partial charge in [0.15, 0.2) is 11.5 Å². The molecule has 6 heteroatoms. The Morgan fingerprint density at radius 3 is 2.88 bits per heavy atom. The van der Waals surface area contributed by atoms with E-state index in [1.54, 1.807) is 0 Å². The molecule has 2 amide bonds. The first-order valence-electron chi connectivity index (χ1n) is 8.44. The van der Waals surface area contributed by atoms with Crippen molar-refractivity contribution >= 4 is 17.8 Å². The van der Waals surface area contributed by atoms with Crippen LogP contribution in [0.2, 0.25) is 0 Å². The van der Waals surface area contributed by atoms with Gasteiger partial charge in [-0.25, -0.2) is 4.79 Å². The Bertz CT molecular complexity index is 781. The molecule has 130 valence electrons. The molecule has 2 aliphatic rings. The van der Waals surface area contributed by atoms with Crippen molar-refractivity contribution in [3.05, 3.63) is 53.6 Å². The van der Waals surface area contributed by atoms with Crippen LogP contribution in [0.1, 0.15) is 23.6 Å². The number of rotatable bonds is 3. The summed E-state index contributed by atoms with van der Waals surface area (Å²) in [6.07, 6.45) is 0.944. The average Bonchev–Trinajstić information content (AvgIpc) is 2.66. The van der Waals surface area contributed by atoms with E-state index in [0.29, 0.717) is 19.8 Å². The highest BCUT2D eigenvalue weighted by Gasteiger charge is 2.21. The normalized spacial score (nSPS) is 18.2. The van der Waals surface area contributed by atoms with Gasteiger partial charge in [0.25, 0.3) is 0 Å². The summed E-state index contributed by atoms with van der Waals surface area (Å²) in [5.74, 6) is 2.52. The van der Waals surface area contributed by atoms with Gasteiger partial charge in [0, 0.05) is 17.2 Å². The number of thioether (sulfide) groups is 1. The van der Waals surface area contributed by atoms with Gasteiger partial charge in [-0.2, -0.15) is 0 Å². The second-order valence-corrected chi connectivity index (χ2v) is 7.17. The lowest BCUT2D eigenvalue weighted by Gasteiger charge is -2.26. The van der Waals surface area contributed by atoms with E-state index in [1.165, 1.54) is 10.5 Å². The summed E-state index contributed by atoms with van der Waals surface area (Å²) in [4.78, 5) is 13.6. The zero-order valence-corrected chi connectivity index (χ0v) is 14.6. The van der Waals surface area contributed by atoms with Gasteiger partial charge < -0.3 is 20.1 Å². The minimum absolute atomic E-state index is 0.0673. The van der Waals surface area contributed by atoms with Gasteiger partial charge in [-0.05, 0) is 35.7 Å². The number of carbonyl (C=O) groups is 1. The molecular weight excluding hydrogens is 336 g/mol. The number of hydrogen-bond acceptors (Lipinski definition) is 4. The van der Waals surface area contributed by atoms with Gasteiger partial charge >= 0.3 is 6.03 Å². The predicted molar refractivity (Wildman–Crippen MR) is 97.3 cm³/mol. The van der Waals surface area contributed by atoms with E-state index < -0.39 is 0 Å². The third-order valence-electron chi connectivity index (χ3n) is 4.32. The maximum absolute atomic E-state index is 12.3. The van der Waals surface area contributed by atoms with Gasteiger partial charge in [-0.15, -0.1) is 11.8 Å². The molecule has 0 fully saturated rings. The van der Waals surface area contributed by atoms with Crippen molar-refractivity contribution in [3.63, 3.8) is 0 Å². The van der Waals surface area contributed by atoms with Gasteiger partial charge in [-0.3, -0.25) is 0 Å². The summed E-state index contributed by atoms with van der Waals surface area (Å²) in [5, 5.41) is 6.02. The first kappa shape index (κ1) is 16.1. The highest BCUT2D eigenvalue weighted by atomic mass is 32.2. The van der Waals surface area contributed by atoms with Crippen molar-refractivity contribution in [2.45, 2.75) is 23.9 Å². The fourth-order valence-corrected chi connectivity index (χ4v) is 4.21. The molecule has 0 radical (unpaired) electrons. The number of nitrogens with one attached hydrogen (secondary N) is 2. The average molecular weight is 356 g/mol. The lowest BCUT2D eigenvalue weighted by Crippen LogP contribution is -2.38. The quantitative estimate of drug-likeness (QED) is 0.884. The molecule has 2 N–H and O–H groups in total. The molecule has 2 aromatic carbocycles. The molecule has 0 aliphatic carbocycles. The number of benzene rings is 2. The summed E-state index contributed by atoms with van der Waals surface area (Å²) in [7, 11) is 0. The molecule has 0 unspecified atom stereocenters. The molecule has 4 rings (SSSR count). The maximum Gasteiger partial charge on any atom is 0.315 e. The van der Waals surface area contributed by atoms with Crippen LogP contribution in [0, 0.1) is 0 Å². The van der Waals surface area contributed by atoms with Crippen LogP contribution in [0.5, 0.6) is 11.5 Å². The number of carbonyl (C=O) groups excluding carboxylic acids is 1. The van der Waals surface area contributed by atoms with Crippen molar-refractivity contribution in [3.8, 4) is 11.5 Å².